The molecule has 0 fully saturated rings. The highest BCUT2D eigenvalue weighted by molar-refractivity contribution is 14.0. The van der Waals surface area contributed by atoms with Crippen molar-refractivity contribution in [2.75, 3.05) is 0 Å². The molecular weight excluding hydrogens is 267 g/mol. The first kappa shape index (κ1) is 9.18. The minimum Gasteiger partial charge on any atom is -0.267 e. The second-order valence-electron chi connectivity index (χ2n) is 2.29. The van der Waals surface area contributed by atoms with Crippen LogP contribution in [0, 0.1) is 0 Å². The number of benzene rings is 1. The van der Waals surface area contributed by atoms with Gasteiger partial charge in [0, 0.05) is 10.8 Å². The third-order valence-electron chi connectivity index (χ3n) is 1.58. The van der Waals surface area contributed by atoms with Crippen molar-refractivity contribution >= 4 is 34.7 Å². The van der Waals surface area contributed by atoms with Crippen LogP contribution in [-0.2, 0) is 0 Å². The molecule has 1 heterocycles. The monoisotopic (exact) mass is 274 g/mol. The number of hydrogen-bond donors (Lipinski definition) is 1. The Morgan fingerprint density at radius 2 is 2.00 bits per heavy atom. The predicted molar refractivity (Wildman–Crippen MR) is 57.8 cm³/mol. The highest BCUT2D eigenvalue weighted by atomic mass is 127. The Balaban J connectivity index is 0.000000720. The van der Waals surface area contributed by atoms with Crippen LogP contribution in [0.5, 0.6) is 0 Å². The van der Waals surface area contributed by atoms with Crippen molar-refractivity contribution in [2.24, 2.45) is 0 Å². The van der Waals surface area contributed by atoms with Crippen LogP contribution in [0.4, 0.5) is 0 Å². The third-order valence-corrected chi connectivity index (χ3v) is 1.58. The number of aromatic amines is 1. The lowest BCUT2D eigenvalue weighted by Crippen LogP contribution is -2.06. The van der Waals surface area contributed by atoms with Crippen molar-refractivity contribution in [1.82, 2.24) is 10.2 Å². The van der Waals surface area contributed by atoms with Gasteiger partial charge in [-0.3, -0.25) is 4.79 Å². The normalized spacial score (nSPS) is 9.33. The van der Waals surface area contributed by atoms with Gasteiger partial charge in [-0.1, -0.05) is 18.2 Å². The Bertz CT molecular complexity index is 433. The van der Waals surface area contributed by atoms with Gasteiger partial charge in [-0.15, -0.1) is 24.0 Å². The molecule has 3 nitrogen and oxygen atoms in total. The predicted octanol–water partition coefficient (Wildman–Crippen LogP) is 1.54. The minimum absolute atomic E-state index is 0. The van der Waals surface area contributed by atoms with Crippen LogP contribution in [0.25, 0.3) is 10.8 Å². The Kier molecular flexibility index (Phi) is 2.80. The molecule has 0 atom stereocenters. The molecule has 2 rings (SSSR count). The fraction of sp³-hybridized carbons (Fsp3) is 0. The molecule has 0 aliphatic carbocycles. The summed E-state index contributed by atoms with van der Waals surface area (Å²) in [6.45, 7) is 0. The standard InChI is InChI=1S/C8H6N2O.HI/c11-8-7-4-2-1-3-6(7)5-9-10-8;/h1-5H,(H,10,11);1H. The van der Waals surface area contributed by atoms with E-state index in [0.29, 0.717) is 5.39 Å². The molecule has 1 N–H and O–H groups in total. The van der Waals surface area contributed by atoms with Crippen LogP contribution in [0.3, 0.4) is 0 Å². The number of halogens is 1. The summed E-state index contributed by atoms with van der Waals surface area (Å²) in [5, 5.41) is 7.60. The first-order valence-electron chi connectivity index (χ1n) is 3.30. The third kappa shape index (κ3) is 1.47. The fourth-order valence-corrected chi connectivity index (χ4v) is 1.04. The van der Waals surface area contributed by atoms with Crippen LogP contribution in [0.15, 0.2) is 35.3 Å². The van der Waals surface area contributed by atoms with Gasteiger partial charge in [0.05, 0.1) is 6.20 Å². The largest absolute Gasteiger partial charge is 0.272 e. The summed E-state index contributed by atoms with van der Waals surface area (Å²) in [6, 6.07) is 7.34. The van der Waals surface area contributed by atoms with E-state index >= 15 is 0 Å². The van der Waals surface area contributed by atoms with E-state index in [1.807, 2.05) is 18.2 Å². The smallest absolute Gasteiger partial charge is 0.267 e. The van der Waals surface area contributed by atoms with Crippen molar-refractivity contribution in [2.45, 2.75) is 0 Å². The molecule has 1 aromatic heterocycles. The molecule has 0 unspecified atom stereocenters. The van der Waals surface area contributed by atoms with Gasteiger partial charge in [-0.25, -0.2) is 5.10 Å². The van der Waals surface area contributed by atoms with Crippen molar-refractivity contribution in [1.29, 1.82) is 0 Å². The molecule has 0 saturated carbocycles. The summed E-state index contributed by atoms with van der Waals surface area (Å²) in [7, 11) is 0. The molecule has 62 valence electrons. The van der Waals surface area contributed by atoms with Crippen LogP contribution < -0.4 is 5.56 Å². The first-order chi connectivity index (χ1) is 5.38. The molecule has 0 bridgehead atoms. The zero-order valence-corrected chi connectivity index (χ0v) is 8.48. The number of aromatic nitrogens is 2. The van der Waals surface area contributed by atoms with Gasteiger partial charge in [0.1, 0.15) is 0 Å². The first-order valence-corrected chi connectivity index (χ1v) is 3.30. The number of rotatable bonds is 0. The highest BCUT2D eigenvalue weighted by Crippen LogP contribution is 2.04. The lowest BCUT2D eigenvalue weighted by atomic mass is 10.2. The molecule has 0 aliphatic rings. The van der Waals surface area contributed by atoms with Crippen molar-refractivity contribution in [3.8, 4) is 0 Å². The van der Waals surface area contributed by atoms with Crippen LogP contribution in [0.2, 0.25) is 0 Å². The van der Waals surface area contributed by atoms with Gasteiger partial charge in [0.15, 0.2) is 0 Å². The van der Waals surface area contributed by atoms with Gasteiger partial charge in [-0.05, 0) is 6.07 Å². The molecule has 0 saturated heterocycles. The average molecular weight is 274 g/mol. The lowest BCUT2D eigenvalue weighted by Gasteiger charge is -1.91. The van der Waals surface area contributed by atoms with Gasteiger partial charge in [-0.2, -0.15) is 5.10 Å². The summed E-state index contributed by atoms with van der Waals surface area (Å²) in [6.07, 6.45) is 1.64. The van der Waals surface area contributed by atoms with Crippen LogP contribution in [-0.4, -0.2) is 10.2 Å². The van der Waals surface area contributed by atoms with E-state index in [9.17, 15) is 4.79 Å². The maximum absolute atomic E-state index is 11.1. The second-order valence-corrected chi connectivity index (χ2v) is 2.29. The van der Waals surface area contributed by atoms with E-state index in [-0.39, 0.29) is 29.5 Å². The fourth-order valence-electron chi connectivity index (χ4n) is 1.04. The number of nitrogens with one attached hydrogen (secondary N) is 1. The van der Waals surface area contributed by atoms with Gasteiger partial charge >= 0.3 is 0 Å². The second kappa shape index (κ2) is 3.66. The number of hydrogen-bond acceptors (Lipinski definition) is 2. The molecule has 1 aromatic carbocycles. The lowest BCUT2D eigenvalue weighted by molar-refractivity contribution is 1.01. The SMILES string of the molecule is I.O=c1[nH]ncc2ccccc12. The molecule has 0 radical (unpaired) electrons. The van der Waals surface area contributed by atoms with E-state index in [4.69, 9.17) is 0 Å². The van der Waals surface area contributed by atoms with E-state index in [2.05, 4.69) is 10.2 Å². The molecule has 4 heteroatoms. The van der Waals surface area contributed by atoms with E-state index < -0.39 is 0 Å². The van der Waals surface area contributed by atoms with Gasteiger partial charge in [0.2, 0.25) is 0 Å². The van der Waals surface area contributed by atoms with E-state index in [1.165, 1.54) is 0 Å². The summed E-state index contributed by atoms with van der Waals surface area (Å²) in [5.41, 5.74) is -0.136. The maximum atomic E-state index is 11.1. The molecule has 2 aromatic rings. The molecule has 0 amide bonds. The van der Waals surface area contributed by atoms with Gasteiger partial charge in [0.25, 0.3) is 5.56 Å². The van der Waals surface area contributed by atoms with Crippen molar-refractivity contribution in [3.05, 3.63) is 40.8 Å². The van der Waals surface area contributed by atoms with E-state index in [1.54, 1.807) is 12.3 Å². The Hall–Kier alpha value is -0.910. The summed E-state index contributed by atoms with van der Waals surface area (Å²) >= 11 is 0. The zero-order chi connectivity index (χ0) is 7.68. The summed E-state index contributed by atoms with van der Waals surface area (Å²) in [5.74, 6) is 0. The van der Waals surface area contributed by atoms with Crippen LogP contribution in [0.1, 0.15) is 0 Å². The van der Waals surface area contributed by atoms with Crippen LogP contribution >= 0.6 is 24.0 Å². The van der Waals surface area contributed by atoms with Crippen molar-refractivity contribution < 1.29 is 0 Å². The Labute approximate surface area is 85.8 Å². The summed E-state index contributed by atoms with van der Waals surface area (Å²) < 4.78 is 0. The minimum atomic E-state index is -0.136. The van der Waals surface area contributed by atoms with E-state index in [0.717, 1.165) is 5.39 Å². The molecule has 0 spiro atoms. The Morgan fingerprint density at radius 3 is 2.75 bits per heavy atom. The maximum Gasteiger partial charge on any atom is 0.272 e. The molecule has 0 aliphatic heterocycles. The Morgan fingerprint density at radius 1 is 1.25 bits per heavy atom. The average Bonchev–Trinajstić information content (AvgIpc) is 2.06. The molecular formula is C8H7IN2O. The quantitative estimate of drug-likeness (QED) is 0.741. The van der Waals surface area contributed by atoms with Crippen molar-refractivity contribution in [3.63, 3.8) is 0 Å². The van der Waals surface area contributed by atoms with Gasteiger partial charge < -0.3 is 0 Å². The highest BCUT2D eigenvalue weighted by Gasteiger charge is 1.93. The number of fused-ring (bicyclic) bond motifs is 1. The zero-order valence-electron chi connectivity index (χ0n) is 6.15. The number of H-pyrrole nitrogens is 1. The number of nitrogens with zero attached hydrogens (tertiary/aromatic N) is 1. The topological polar surface area (TPSA) is 45.8 Å². The molecule has 12 heavy (non-hydrogen) atoms. The summed E-state index contributed by atoms with van der Waals surface area (Å²) in [4.78, 5) is 11.1.